The molecule has 3 heteroatoms. The molecule has 2 saturated carbocycles. The molecule has 4 rings (SSSR count). The highest BCUT2D eigenvalue weighted by Gasteiger charge is 2.71. The molecule has 2 saturated heterocycles. The molecular weight excluding hydrogens is 228 g/mol. The number of rotatable bonds is 0. The van der Waals surface area contributed by atoms with Gasteiger partial charge < -0.3 is 9.47 Å². The summed E-state index contributed by atoms with van der Waals surface area (Å²) in [5.74, 6) is 0.939. The summed E-state index contributed by atoms with van der Waals surface area (Å²) in [7, 11) is 0. The van der Waals surface area contributed by atoms with Crippen LogP contribution < -0.4 is 0 Å². The lowest BCUT2D eigenvalue weighted by atomic mass is 9.53. The van der Waals surface area contributed by atoms with E-state index in [2.05, 4.69) is 13.8 Å². The molecule has 2 heterocycles. The fourth-order valence-electron chi connectivity index (χ4n) is 5.22. The molecule has 0 spiro atoms. The lowest BCUT2D eigenvalue weighted by Gasteiger charge is -2.50. The Hall–Kier alpha value is -0.570. The second kappa shape index (κ2) is 3.12. The number of carbonyl (C=O) groups excluding carboxylic acids is 1. The van der Waals surface area contributed by atoms with Gasteiger partial charge in [0.25, 0.3) is 0 Å². The fraction of sp³-hybridized carbons (Fsp3) is 0.933. The van der Waals surface area contributed by atoms with E-state index in [1.807, 2.05) is 6.92 Å². The molecule has 0 radical (unpaired) electrons. The minimum Gasteiger partial charge on any atom is -0.461 e. The van der Waals surface area contributed by atoms with E-state index in [1.165, 1.54) is 19.3 Å². The molecule has 0 amide bonds. The van der Waals surface area contributed by atoms with Crippen molar-refractivity contribution >= 4 is 5.97 Å². The van der Waals surface area contributed by atoms with E-state index in [0.717, 1.165) is 6.42 Å². The molecule has 0 bridgehead atoms. The van der Waals surface area contributed by atoms with Gasteiger partial charge >= 0.3 is 5.97 Å². The maximum atomic E-state index is 11.9. The van der Waals surface area contributed by atoms with Crippen LogP contribution in [0.3, 0.4) is 0 Å². The standard InChI is InChI=1S/C15H22O3/c1-8-9-4-6-14(2)7-5-10-15(3,18-10)12(14)11(9)17-13(8)16/h8-12H,4-7H2,1-3H3/t8-,9-,10+,11-,12+,14-,15+/m0/s1. The molecule has 0 aromatic carbocycles. The molecular formula is C15H22O3. The van der Waals surface area contributed by atoms with E-state index in [0.29, 0.717) is 23.4 Å². The van der Waals surface area contributed by atoms with E-state index in [1.54, 1.807) is 0 Å². The van der Waals surface area contributed by atoms with Gasteiger partial charge in [-0.25, -0.2) is 0 Å². The first-order valence-electron chi connectivity index (χ1n) is 7.34. The van der Waals surface area contributed by atoms with Gasteiger partial charge in [0.2, 0.25) is 0 Å². The highest BCUT2D eigenvalue weighted by atomic mass is 16.6. The van der Waals surface area contributed by atoms with Crippen LogP contribution in [0.4, 0.5) is 0 Å². The second-order valence-corrected chi connectivity index (χ2v) is 7.35. The molecule has 18 heavy (non-hydrogen) atoms. The molecule has 7 atom stereocenters. The van der Waals surface area contributed by atoms with E-state index in [4.69, 9.17) is 9.47 Å². The van der Waals surface area contributed by atoms with Crippen LogP contribution in [0.25, 0.3) is 0 Å². The number of hydrogen-bond acceptors (Lipinski definition) is 3. The first-order valence-corrected chi connectivity index (χ1v) is 7.34. The van der Waals surface area contributed by atoms with E-state index >= 15 is 0 Å². The molecule has 2 aliphatic heterocycles. The average molecular weight is 250 g/mol. The molecule has 100 valence electrons. The Bertz CT molecular complexity index is 420. The van der Waals surface area contributed by atoms with Crippen LogP contribution in [-0.4, -0.2) is 23.8 Å². The number of fused-ring (bicyclic) bond motifs is 5. The van der Waals surface area contributed by atoms with Gasteiger partial charge in [0.15, 0.2) is 0 Å². The number of epoxide rings is 1. The van der Waals surface area contributed by atoms with Crippen molar-refractivity contribution in [3.63, 3.8) is 0 Å². The topological polar surface area (TPSA) is 38.8 Å². The average Bonchev–Trinajstić information content (AvgIpc) is 2.91. The zero-order valence-corrected chi connectivity index (χ0v) is 11.4. The van der Waals surface area contributed by atoms with Crippen molar-refractivity contribution in [2.75, 3.05) is 0 Å². The van der Waals surface area contributed by atoms with Crippen LogP contribution >= 0.6 is 0 Å². The summed E-state index contributed by atoms with van der Waals surface area (Å²) in [5, 5.41) is 0. The van der Waals surface area contributed by atoms with Crippen LogP contribution in [-0.2, 0) is 14.3 Å². The SMILES string of the molecule is C[C@@H]1C(=O)O[C@H]2[C@H]1CC[C@@]1(C)CC[C@H]3O[C@@]3(C)[C@H]21. The van der Waals surface area contributed by atoms with Gasteiger partial charge in [0.1, 0.15) is 6.10 Å². The number of hydrogen-bond donors (Lipinski definition) is 0. The summed E-state index contributed by atoms with van der Waals surface area (Å²) in [6, 6.07) is 0. The van der Waals surface area contributed by atoms with Crippen molar-refractivity contribution in [1.29, 1.82) is 0 Å². The zero-order chi connectivity index (χ0) is 12.7. The predicted molar refractivity (Wildman–Crippen MR) is 65.9 cm³/mol. The van der Waals surface area contributed by atoms with Crippen LogP contribution in [0, 0.1) is 23.2 Å². The summed E-state index contributed by atoms with van der Waals surface area (Å²) in [6.45, 7) is 6.65. The summed E-state index contributed by atoms with van der Waals surface area (Å²) in [6.07, 6.45) is 5.32. The quantitative estimate of drug-likeness (QED) is 0.490. The third kappa shape index (κ3) is 1.17. The minimum absolute atomic E-state index is 0.0132. The number of carbonyl (C=O) groups is 1. The molecule has 4 aliphatic rings. The van der Waals surface area contributed by atoms with Crippen LogP contribution in [0.1, 0.15) is 46.5 Å². The van der Waals surface area contributed by atoms with Gasteiger partial charge in [-0.05, 0) is 38.0 Å². The molecule has 0 aromatic rings. The first-order chi connectivity index (χ1) is 8.46. The maximum absolute atomic E-state index is 11.9. The summed E-state index contributed by atoms with van der Waals surface area (Å²) >= 11 is 0. The van der Waals surface area contributed by atoms with Gasteiger partial charge in [-0.1, -0.05) is 13.8 Å². The zero-order valence-electron chi connectivity index (χ0n) is 11.4. The van der Waals surface area contributed by atoms with Crippen LogP contribution in [0.15, 0.2) is 0 Å². The smallest absolute Gasteiger partial charge is 0.309 e. The Balaban J connectivity index is 1.74. The van der Waals surface area contributed by atoms with Gasteiger partial charge in [-0.2, -0.15) is 0 Å². The van der Waals surface area contributed by atoms with Crippen molar-refractivity contribution in [3.05, 3.63) is 0 Å². The summed E-state index contributed by atoms with van der Waals surface area (Å²) in [4.78, 5) is 11.9. The normalized spacial score (nSPS) is 61.5. The first kappa shape index (κ1) is 11.3. The van der Waals surface area contributed by atoms with E-state index in [9.17, 15) is 4.79 Å². The molecule has 0 unspecified atom stereocenters. The van der Waals surface area contributed by atoms with Crippen LogP contribution in [0.2, 0.25) is 0 Å². The molecule has 0 N–H and O–H groups in total. The van der Waals surface area contributed by atoms with Gasteiger partial charge in [0, 0.05) is 11.8 Å². The predicted octanol–water partition coefficient (Wildman–Crippen LogP) is 2.53. The molecule has 0 aromatic heterocycles. The van der Waals surface area contributed by atoms with E-state index in [-0.39, 0.29) is 23.6 Å². The van der Waals surface area contributed by atoms with Crippen molar-refractivity contribution in [1.82, 2.24) is 0 Å². The summed E-state index contributed by atoms with van der Waals surface area (Å²) in [5.41, 5.74) is 0.300. The number of esters is 1. The summed E-state index contributed by atoms with van der Waals surface area (Å²) < 4.78 is 11.7. The fourth-order valence-corrected chi connectivity index (χ4v) is 5.22. The minimum atomic E-state index is -0.0132. The Kier molecular flexibility index (Phi) is 1.95. The van der Waals surface area contributed by atoms with Gasteiger partial charge in [-0.15, -0.1) is 0 Å². The van der Waals surface area contributed by atoms with Crippen molar-refractivity contribution in [3.8, 4) is 0 Å². The lowest BCUT2D eigenvalue weighted by molar-refractivity contribution is -0.152. The van der Waals surface area contributed by atoms with Gasteiger partial charge in [-0.3, -0.25) is 4.79 Å². The highest BCUT2D eigenvalue weighted by Crippen LogP contribution is 2.65. The van der Waals surface area contributed by atoms with Crippen LogP contribution in [0.5, 0.6) is 0 Å². The largest absolute Gasteiger partial charge is 0.461 e. The van der Waals surface area contributed by atoms with E-state index < -0.39 is 0 Å². The Morgan fingerprint density at radius 1 is 1.22 bits per heavy atom. The third-order valence-electron chi connectivity index (χ3n) is 6.39. The monoisotopic (exact) mass is 250 g/mol. The lowest BCUT2D eigenvalue weighted by Crippen LogP contribution is -2.53. The highest BCUT2D eigenvalue weighted by molar-refractivity contribution is 5.75. The molecule has 4 fully saturated rings. The number of ether oxygens (including phenoxy) is 2. The van der Waals surface area contributed by atoms with Crippen molar-refractivity contribution in [2.24, 2.45) is 23.2 Å². The van der Waals surface area contributed by atoms with Crippen molar-refractivity contribution < 1.29 is 14.3 Å². The molecule has 3 nitrogen and oxygen atoms in total. The van der Waals surface area contributed by atoms with Gasteiger partial charge in [0.05, 0.1) is 17.6 Å². The Morgan fingerprint density at radius 3 is 2.72 bits per heavy atom. The Labute approximate surface area is 108 Å². The third-order valence-corrected chi connectivity index (χ3v) is 6.39. The van der Waals surface area contributed by atoms with Crippen molar-refractivity contribution in [2.45, 2.75) is 64.3 Å². The molecule has 2 aliphatic carbocycles. The second-order valence-electron chi connectivity index (χ2n) is 7.35. The Morgan fingerprint density at radius 2 is 1.94 bits per heavy atom. The maximum Gasteiger partial charge on any atom is 0.309 e.